The number of sulfone groups is 1. The van der Waals surface area contributed by atoms with E-state index >= 15 is 0 Å². The third-order valence-corrected chi connectivity index (χ3v) is 3.08. The van der Waals surface area contributed by atoms with Gasteiger partial charge in [-0.2, -0.15) is 0 Å². The van der Waals surface area contributed by atoms with Crippen molar-refractivity contribution in [2.45, 2.75) is 6.42 Å². The quantitative estimate of drug-likeness (QED) is 0.708. The van der Waals surface area contributed by atoms with Gasteiger partial charge in [0.25, 0.3) is 0 Å². The Morgan fingerprint density at radius 2 is 1.83 bits per heavy atom. The lowest BCUT2D eigenvalue weighted by atomic mass is 10.5. The average molecular weight is 237 g/mol. The van der Waals surface area contributed by atoms with Gasteiger partial charge >= 0.3 is 5.97 Å². The molecule has 0 unspecified atom stereocenters. The van der Waals surface area contributed by atoms with E-state index in [2.05, 4.69) is 0 Å². The summed E-state index contributed by atoms with van der Waals surface area (Å²) in [6.45, 7) is 0. The van der Waals surface area contributed by atoms with Crippen LogP contribution in [-0.4, -0.2) is 36.9 Å². The maximum atomic E-state index is 10.8. The Morgan fingerprint density at radius 1 is 1.33 bits per heavy atom. The molecular formula is C5H10Cl2O4S. The van der Waals surface area contributed by atoms with Crippen LogP contribution in [0, 0.1) is 0 Å². The number of alkyl halides is 1. The minimum Gasteiger partial charge on any atom is -0.481 e. The maximum Gasteiger partial charge on any atom is 0.304 e. The molecule has 12 heavy (non-hydrogen) atoms. The van der Waals surface area contributed by atoms with Crippen LogP contribution in [0.15, 0.2) is 0 Å². The molecular weight excluding hydrogens is 227 g/mol. The third-order valence-electron chi connectivity index (χ3n) is 1.02. The first kappa shape index (κ1) is 14.5. The first-order chi connectivity index (χ1) is 4.98. The highest BCUT2D eigenvalue weighted by molar-refractivity contribution is 7.91. The van der Waals surface area contributed by atoms with Crippen LogP contribution in [-0.2, 0) is 14.6 Å². The number of carbonyl (C=O) groups is 1. The normalized spacial score (nSPS) is 10.4. The van der Waals surface area contributed by atoms with Crippen LogP contribution in [0.25, 0.3) is 0 Å². The molecule has 0 aromatic carbocycles. The van der Waals surface area contributed by atoms with Gasteiger partial charge in [-0.1, -0.05) is 0 Å². The van der Waals surface area contributed by atoms with Crippen molar-refractivity contribution in [3.63, 3.8) is 0 Å². The Kier molecular flexibility index (Phi) is 7.88. The standard InChI is InChI=1S/C5H9ClO4S.ClH/c6-2-4-11(9,10)3-1-5(7)8;/h1-4H2,(H,7,8);1H. The topological polar surface area (TPSA) is 71.4 Å². The molecule has 0 saturated carbocycles. The van der Waals surface area contributed by atoms with Crippen LogP contribution in [0.3, 0.4) is 0 Å². The van der Waals surface area contributed by atoms with Crippen LogP contribution in [0.4, 0.5) is 0 Å². The molecule has 4 nitrogen and oxygen atoms in total. The lowest BCUT2D eigenvalue weighted by Gasteiger charge is -1.97. The first-order valence-electron chi connectivity index (χ1n) is 2.96. The van der Waals surface area contributed by atoms with Crippen molar-refractivity contribution in [2.75, 3.05) is 17.4 Å². The number of halogens is 2. The van der Waals surface area contributed by atoms with E-state index in [4.69, 9.17) is 16.7 Å². The van der Waals surface area contributed by atoms with E-state index in [-0.39, 0.29) is 36.2 Å². The minimum absolute atomic E-state index is 0. The Hall–Kier alpha value is -0.000000000000000111. The predicted molar refractivity (Wildman–Crippen MR) is 48.9 cm³/mol. The molecule has 0 spiro atoms. The number of carboxylic acids is 1. The van der Waals surface area contributed by atoms with Gasteiger partial charge in [0.1, 0.15) is 0 Å². The average Bonchev–Trinajstić information content (AvgIpc) is 1.84. The van der Waals surface area contributed by atoms with E-state index in [1.54, 1.807) is 0 Å². The van der Waals surface area contributed by atoms with Crippen molar-refractivity contribution in [3.05, 3.63) is 0 Å². The molecule has 0 aromatic rings. The second-order valence-electron chi connectivity index (χ2n) is 1.98. The van der Waals surface area contributed by atoms with Crippen molar-refractivity contribution in [3.8, 4) is 0 Å². The summed E-state index contributed by atoms with van der Waals surface area (Å²) in [5, 5.41) is 8.15. The molecule has 74 valence electrons. The van der Waals surface area contributed by atoms with Crippen LogP contribution in [0.2, 0.25) is 0 Å². The largest absolute Gasteiger partial charge is 0.481 e. The summed E-state index contributed by atoms with van der Waals surface area (Å²) >= 11 is 5.17. The Morgan fingerprint density at radius 3 is 2.17 bits per heavy atom. The molecule has 7 heteroatoms. The highest BCUT2D eigenvalue weighted by atomic mass is 35.5. The van der Waals surface area contributed by atoms with Gasteiger partial charge in [-0.15, -0.1) is 24.0 Å². The number of carboxylic acid groups (broad SMARTS) is 1. The number of hydrogen-bond donors (Lipinski definition) is 1. The molecule has 0 aliphatic carbocycles. The van der Waals surface area contributed by atoms with Crippen LogP contribution >= 0.6 is 24.0 Å². The van der Waals surface area contributed by atoms with Gasteiger partial charge in [-0.05, 0) is 0 Å². The van der Waals surface area contributed by atoms with Gasteiger partial charge in [0.15, 0.2) is 9.84 Å². The molecule has 1 N–H and O–H groups in total. The fourth-order valence-electron chi connectivity index (χ4n) is 0.462. The van der Waals surface area contributed by atoms with E-state index in [9.17, 15) is 13.2 Å². The second kappa shape index (κ2) is 6.51. The van der Waals surface area contributed by atoms with E-state index in [1.807, 2.05) is 0 Å². The summed E-state index contributed by atoms with van der Waals surface area (Å²) in [4.78, 5) is 9.95. The number of hydrogen-bond acceptors (Lipinski definition) is 3. The zero-order valence-electron chi connectivity index (χ0n) is 6.19. The van der Waals surface area contributed by atoms with Crippen LogP contribution < -0.4 is 0 Å². The SMILES string of the molecule is Cl.O=C(O)CCS(=O)(=O)CCCl. The Bertz CT molecular complexity index is 224. The molecule has 0 aliphatic rings. The summed E-state index contributed by atoms with van der Waals surface area (Å²) in [7, 11) is -3.24. The van der Waals surface area contributed by atoms with Gasteiger partial charge in [0.2, 0.25) is 0 Å². The van der Waals surface area contributed by atoms with Crippen molar-refractivity contribution in [2.24, 2.45) is 0 Å². The van der Waals surface area contributed by atoms with Gasteiger partial charge in [-0.3, -0.25) is 4.79 Å². The molecule has 0 radical (unpaired) electrons. The number of rotatable bonds is 5. The monoisotopic (exact) mass is 236 g/mol. The van der Waals surface area contributed by atoms with Crippen molar-refractivity contribution in [1.29, 1.82) is 0 Å². The molecule has 0 rings (SSSR count). The molecule has 0 atom stereocenters. The molecule has 0 aromatic heterocycles. The Balaban J connectivity index is 0. The van der Waals surface area contributed by atoms with E-state index < -0.39 is 15.8 Å². The molecule has 0 aliphatic heterocycles. The minimum atomic E-state index is -3.24. The second-order valence-corrected chi connectivity index (χ2v) is 4.67. The van der Waals surface area contributed by atoms with Crippen molar-refractivity contribution < 1.29 is 18.3 Å². The molecule has 0 fully saturated rings. The maximum absolute atomic E-state index is 10.8. The summed E-state index contributed by atoms with van der Waals surface area (Å²) in [6.07, 6.45) is -0.348. The van der Waals surface area contributed by atoms with Gasteiger partial charge < -0.3 is 5.11 Å². The van der Waals surface area contributed by atoms with Crippen molar-refractivity contribution in [1.82, 2.24) is 0 Å². The van der Waals surface area contributed by atoms with Crippen LogP contribution in [0.5, 0.6) is 0 Å². The lowest BCUT2D eigenvalue weighted by Crippen LogP contribution is -2.14. The van der Waals surface area contributed by atoms with Gasteiger partial charge in [0.05, 0.1) is 17.9 Å². The number of aliphatic carboxylic acids is 1. The first-order valence-corrected chi connectivity index (χ1v) is 5.32. The smallest absolute Gasteiger partial charge is 0.304 e. The van der Waals surface area contributed by atoms with Gasteiger partial charge in [-0.25, -0.2) is 8.42 Å². The highest BCUT2D eigenvalue weighted by Gasteiger charge is 2.11. The van der Waals surface area contributed by atoms with Gasteiger partial charge in [0, 0.05) is 5.88 Å². The lowest BCUT2D eigenvalue weighted by molar-refractivity contribution is -0.136. The molecule has 0 heterocycles. The molecule has 0 saturated heterocycles. The third kappa shape index (κ3) is 8.10. The summed E-state index contributed by atoms with van der Waals surface area (Å²) in [5.41, 5.74) is 0. The van der Waals surface area contributed by atoms with E-state index in [1.165, 1.54) is 0 Å². The fourth-order valence-corrected chi connectivity index (χ4v) is 2.09. The van der Waals surface area contributed by atoms with Crippen LogP contribution in [0.1, 0.15) is 6.42 Å². The fraction of sp³-hybridized carbons (Fsp3) is 0.800. The molecule has 0 bridgehead atoms. The predicted octanol–water partition coefficient (Wildman–Crippen LogP) is 0.536. The van der Waals surface area contributed by atoms with E-state index in [0.717, 1.165) is 0 Å². The highest BCUT2D eigenvalue weighted by Crippen LogP contribution is 1.95. The summed E-state index contributed by atoms with van der Waals surface area (Å²) < 4.78 is 21.6. The van der Waals surface area contributed by atoms with E-state index in [0.29, 0.717) is 0 Å². The summed E-state index contributed by atoms with van der Waals surface area (Å²) in [5.74, 6) is -1.57. The van der Waals surface area contributed by atoms with Crippen molar-refractivity contribution >= 4 is 39.8 Å². The summed E-state index contributed by atoms with van der Waals surface area (Å²) in [6, 6.07) is 0. The zero-order valence-corrected chi connectivity index (χ0v) is 8.58. The molecule has 0 amide bonds. The Labute approximate surface area is 82.2 Å². The zero-order chi connectivity index (χ0) is 8.91.